The third kappa shape index (κ3) is 6.16. The van der Waals surface area contributed by atoms with E-state index in [1.165, 1.54) is 12.1 Å². The Kier molecular flexibility index (Phi) is 6.71. The number of hydrogen-bond acceptors (Lipinski definition) is 6. The molecule has 0 spiro atoms. The fraction of sp³-hybridized carbons (Fsp3) is 0.588. The van der Waals surface area contributed by atoms with Crippen molar-refractivity contribution in [3.63, 3.8) is 0 Å². The maximum Gasteiger partial charge on any atom is 0.345 e. The summed E-state index contributed by atoms with van der Waals surface area (Å²) in [6.45, 7) is 6.88. The quantitative estimate of drug-likeness (QED) is 0.432. The molecule has 7 heteroatoms. The van der Waals surface area contributed by atoms with E-state index >= 15 is 0 Å². The summed E-state index contributed by atoms with van der Waals surface area (Å²) in [6.07, 6.45) is 0.936. The number of benzene rings is 1. The van der Waals surface area contributed by atoms with Gasteiger partial charge in [0.2, 0.25) is 0 Å². The predicted octanol–water partition coefficient (Wildman–Crippen LogP) is 2.94. The lowest BCUT2D eigenvalue weighted by atomic mass is 10.1. The summed E-state index contributed by atoms with van der Waals surface area (Å²) in [4.78, 5) is 27.0. The normalized spacial score (nSPS) is 11.5. The Labute approximate surface area is 143 Å². The Bertz CT molecular complexity index is 594. The van der Waals surface area contributed by atoms with Crippen molar-refractivity contribution in [1.29, 1.82) is 0 Å². The molecule has 1 aromatic carbocycles. The molecular weight excluding hydrogens is 310 g/mol. The summed E-state index contributed by atoms with van der Waals surface area (Å²) in [5, 5.41) is 11.3. The predicted molar refractivity (Wildman–Crippen MR) is 94.7 cm³/mol. The lowest BCUT2D eigenvalue weighted by Gasteiger charge is -2.22. The molecule has 0 N–H and O–H groups in total. The van der Waals surface area contributed by atoms with Crippen molar-refractivity contribution in [3.8, 4) is 0 Å². The molecule has 7 nitrogen and oxygen atoms in total. The summed E-state index contributed by atoms with van der Waals surface area (Å²) in [5.41, 5.74) is -0.263. The standard InChI is InChI=1S/C17H27N3O4/c1-17(2,3)24-16(21)14-9-8-13(12-15(14)20(22)23)19(6)11-7-10-18(4)5/h8-9,12H,7,10-11H2,1-6H3. The third-order valence-electron chi connectivity index (χ3n) is 3.34. The molecule has 0 heterocycles. The van der Waals surface area contributed by atoms with Gasteiger partial charge in [-0.15, -0.1) is 0 Å². The molecule has 0 atom stereocenters. The molecule has 0 saturated carbocycles. The van der Waals surface area contributed by atoms with Crippen LogP contribution in [-0.4, -0.2) is 55.6 Å². The molecule has 0 radical (unpaired) electrons. The first-order chi connectivity index (χ1) is 11.0. The van der Waals surface area contributed by atoms with Gasteiger partial charge in [0.15, 0.2) is 0 Å². The zero-order valence-electron chi connectivity index (χ0n) is 15.3. The molecule has 24 heavy (non-hydrogen) atoms. The molecule has 134 valence electrons. The number of ether oxygens (including phenoxy) is 1. The van der Waals surface area contributed by atoms with Crippen LogP contribution in [0.2, 0.25) is 0 Å². The van der Waals surface area contributed by atoms with E-state index in [0.717, 1.165) is 19.5 Å². The number of esters is 1. The number of nitro benzene ring substituents is 1. The molecule has 0 saturated heterocycles. The van der Waals surface area contributed by atoms with Crippen LogP contribution in [0.15, 0.2) is 18.2 Å². The Morgan fingerprint density at radius 2 is 1.83 bits per heavy atom. The number of rotatable bonds is 7. The Hall–Kier alpha value is -2.15. The van der Waals surface area contributed by atoms with E-state index in [1.807, 2.05) is 26.0 Å². The van der Waals surface area contributed by atoms with Crippen LogP contribution in [0.5, 0.6) is 0 Å². The van der Waals surface area contributed by atoms with Crippen LogP contribution in [0.1, 0.15) is 37.6 Å². The average Bonchev–Trinajstić information content (AvgIpc) is 2.44. The Morgan fingerprint density at radius 3 is 2.33 bits per heavy atom. The van der Waals surface area contributed by atoms with Gasteiger partial charge in [0.1, 0.15) is 11.2 Å². The van der Waals surface area contributed by atoms with Crippen molar-refractivity contribution in [3.05, 3.63) is 33.9 Å². The summed E-state index contributed by atoms with van der Waals surface area (Å²) >= 11 is 0. The summed E-state index contributed by atoms with van der Waals surface area (Å²) in [6, 6.07) is 4.60. The minimum absolute atomic E-state index is 0.0274. The maximum absolute atomic E-state index is 12.2. The number of carbonyl (C=O) groups excluding carboxylic acids is 1. The van der Waals surface area contributed by atoms with Gasteiger partial charge in [-0.05, 0) is 60.0 Å². The fourth-order valence-corrected chi connectivity index (χ4v) is 2.17. The van der Waals surface area contributed by atoms with E-state index in [4.69, 9.17) is 4.74 Å². The first kappa shape index (κ1) is 19.9. The van der Waals surface area contributed by atoms with E-state index in [0.29, 0.717) is 5.69 Å². The van der Waals surface area contributed by atoms with E-state index in [-0.39, 0.29) is 11.3 Å². The zero-order valence-corrected chi connectivity index (χ0v) is 15.3. The van der Waals surface area contributed by atoms with Gasteiger partial charge in [-0.25, -0.2) is 4.79 Å². The average molecular weight is 337 g/mol. The van der Waals surface area contributed by atoms with Gasteiger partial charge in [-0.3, -0.25) is 10.1 Å². The second kappa shape index (κ2) is 8.10. The van der Waals surface area contributed by atoms with E-state index in [9.17, 15) is 14.9 Å². The van der Waals surface area contributed by atoms with E-state index < -0.39 is 16.5 Å². The summed E-state index contributed by atoms with van der Waals surface area (Å²) in [7, 11) is 5.88. The molecule has 0 aromatic heterocycles. The molecule has 0 unspecified atom stereocenters. The van der Waals surface area contributed by atoms with Crippen LogP contribution in [0.3, 0.4) is 0 Å². The van der Waals surface area contributed by atoms with Crippen LogP contribution < -0.4 is 4.90 Å². The molecule has 0 aliphatic heterocycles. The zero-order chi connectivity index (χ0) is 18.5. The van der Waals surface area contributed by atoms with Crippen molar-refractivity contribution in [1.82, 2.24) is 4.90 Å². The van der Waals surface area contributed by atoms with Crippen LogP contribution >= 0.6 is 0 Å². The molecule has 0 amide bonds. The van der Waals surface area contributed by atoms with Gasteiger partial charge in [0.25, 0.3) is 5.69 Å². The fourth-order valence-electron chi connectivity index (χ4n) is 2.17. The number of nitrogens with zero attached hydrogens (tertiary/aromatic N) is 3. The lowest BCUT2D eigenvalue weighted by Crippen LogP contribution is -2.25. The smallest absolute Gasteiger partial charge is 0.345 e. The first-order valence-electron chi connectivity index (χ1n) is 7.89. The highest BCUT2D eigenvalue weighted by Gasteiger charge is 2.26. The second-order valence-corrected chi connectivity index (χ2v) is 7.04. The van der Waals surface area contributed by atoms with Gasteiger partial charge < -0.3 is 14.5 Å². The van der Waals surface area contributed by atoms with Gasteiger partial charge in [0, 0.05) is 25.3 Å². The van der Waals surface area contributed by atoms with Gasteiger partial charge in [-0.1, -0.05) is 0 Å². The topological polar surface area (TPSA) is 75.9 Å². The number of hydrogen-bond donors (Lipinski definition) is 0. The van der Waals surface area contributed by atoms with Crippen molar-refractivity contribution < 1.29 is 14.5 Å². The SMILES string of the molecule is CN(C)CCCN(C)c1ccc(C(=O)OC(C)(C)C)c([N+](=O)[O-])c1. The van der Waals surface area contributed by atoms with Crippen LogP contribution in [0.25, 0.3) is 0 Å². The molecule has 1 rings (SSSR count). The third-order valence-corrected chi connectivity index (χ3v) is 3.34. The molecular formula is C17H27N3O4. The van der Waals surface area contributed by atoms with Crippen LogP contribution in [-0.2, 0) is 4.74 Å². The van der Waals surface area contributed by atoms with Gasteiger partial charge in [0.05, 0.1) is 4.92 Å². The molecule has 0 aliphatic carbocycles. The highest BCUT2D eigenvalue weighted by molar-refractivity contribution is 5.94. The minimum atomic E-state index is -0.702. The van der Waals surface area contributed by atoms with Crippen LogP contribution in [0.4, 0.5) is 11.4 Å². The highest BCUT2D eigenvalue weighted by Crippen LogP contribution is 2.27. The monoisotopic (exact) mass is 337 g/mol. The summed E-state index contributed by atoms with van der Waals surface area (Å²) < 4.78 is 5.24. The Morgan fingerprint density at radius 1 is 1.21 bits per heavy atom. The second-order valence-electron chi connectivity index (χ2n) is 7.04. The van der Waals surface area contributed by atoms with E-state index in [2.05, 4.69) is 4.90 Å². The van der Waals surface area contributed by atoms with Crippen LogP contribution in [0, 0.1) is 10.1 Å². The minimum Gasteiger partial charge on any atom is -0.456 e. The molecule has 1 aromatic rings. The van der Waals surface area contributed by atoms with E-state index in [1.54, 1.807) is 26.8 Å². The van der Waals surface area contributed by atoms with Crippen molar-refractivity contribution >= 4 is 17.3 Å². The van der Waals surface area contributed by atoms with Crippen molar-refractivity contribution in [2.75, 3.05) is 39.1 Å². The lowest BCUT2D eigenvalue weighted by molar-refractivity contribution is -0.385. The summed E-state index contributed by atoms with van der Waals surface area (Å²) in [5.74, 6) is -0.684. The van der Waals surface area contributed by atoms with Gasteiger partial charge in [-0.2, -0.15) is 0 Å². The largest absolute Gasteiger partial charge is 0.456 e. The van der Waals surface area contributed by atoms with Crippen molar-refractivity contribution in [2.24, 2.45) is 0 Å². The Balaban J connectivity index is 2.98. The maximum atomic E-state index is 12.2. The van der Waals surface area contributed by atoms with Gasteiger partial charge >= 0.3 is 5.97 Å². The molecule has 0 fully saturated rings. The number of carbonyl (C=O) groups is 1. The first-order valence-corrected chi connectivity index (χ1v) is 7.89. The van der Waals surface area contributed by atoms with Crippen molar-refractivity contribution in [2.45, 2.75) is 32.8 Å². The molecule has 0 bridgehead atoms. The highest BCUT2D eigenvalue weighted by atomic mass is 16.6. The number of anilines is 1. The molecule has 0 aliphatic rings. The number of nitro groups is 1.